The number of ketones is 2. The average molecular weight is 561 g/mol. The minimum absolute atomic E-state index is 0.00331. The van der Waals surface area contributed by atoms with Crippen molar-refractivity contribution in [2.45, 2.75) is 25.4 Å². The van der Waals surface area contributed by atoms with E-state index in [0.29, 0.717) is 24.3 Å². The van der Waals surface area contributed by atoms with Crippen molar-refractivity contribution >= 4 is 50.8 Å². The summed E-state index contributed by atoms with van der Waals surface area (Å²) in [6.45, 7) is 2.00. The number of hydrogen-bond donors (Lipinski definition) is 1. The number of benzene rings is 2. The zero-order valence-electron chi connectivity index (χ0n) is 20.9. The van der Waals surface area contributed by atoms with E-state index >= 15 is 0 Å². The lowest BCUT2D eigenvalue weighted by Gasteiger charge is -2.36. The average Bonchev–Trinajstić information content (AvgIpc) is 3.41. The van der Waals surface area contributed by atoms with Crippen molar-refractivity contribution in [3.05, 3.63) is 52.3 Å². The van der Waals surface area contributed by atoms with Crippen LogP contribution in [0.25, 0.3) is 0 Å². The number of allylic oxidation sites excluding steroid dienone is 1. The van der Waals surface area contributed by atoms with Crippen molar-refractivity contribution in [2.75, 3.05) is 30.8 Å². The lowest BCUT2D eigenvalue weighted by Crippen LogP contribution is -2.52. The Morgan fingerprint density at radius 3 is 2.61 bits per heavy atom. The summed E-state index contributed by atoms with van der Waals surface area (Å²) < 4.78 is 42.7. The third-order valence-corrected chi connectivity index (χ3v) is 9.30. The van der Waals surface area contributed by atoms with E-state index in [-0.39, 0.29) is 45.6 Å². The molecule has 2 atom stereocenters. The first-order chi connectivity index (χ1) is 18.0. The number of carbonyl (C=O) groups is 2. The molecule has 1 spiro atoms. The second-order valence-electron chi connectivity index (χ2n) is 9.28. The summed E-state index contributed by atoms with van der Waals surface area (Å²) in [7, 11) is -0.600. The first-order valence-corrected chi connectivity index (χ1v) is 13.8. The number of rotatable bonds is 5. The van der Waals surface area contributed by atoms with Crippen LogP contribution >= 0.6 is 11.6 Å². The summed E-state index contributed by atoms with van der Waals surface area (Å²) in [5.41, 5.74) is -1.24. The lowest BCUT2D eigenvalue weighted by molar-refractivity contribution is -0.118. The lowest BCUT2D eigenvalue weighted by atomic mass is 9.73. The highest BCUT2D eigenvalue weighted by Crippen LogP contribution is 2.54. The normalized spacial score (nSPS) is 24.3. The Balaban J connectivity index is 1.56. The monoisotopic (exact) mass is 560 g/mol. The van der Waals surface area contributed by atoms with E-state index in [2.05, 4.69) is 4.99 Å². The van der Waals surface area contributed by atoms with Gasteiger partial charge in [-0.2, -0.15) is 0 Å². The summed E-state index contributed by atoms with van der Waals surface area (Å²) >= 11 is 6.45. The molecule has 1 fully saturated rings. The molecule has 10 nitrogen and oxygen atoms in total. The van der Waals surface area contributed by atoms with E-state index < -0.39 is 38.9 Å². The summed E-state index contributed by atoms with van der Waals surface area (Å²) in [6.07, 6.45) is 1.60. The number of aliphatic hydroxyl groups is 1. The number of anilines is 1. The second kappa shape index (κ2) is 9.32. The van der Waals surface area contributed by atoms with Gasteiger partial charge in [0.2, 0.25) is 21.4 Å². The molecule has 0 radical (unpaired) electrons. The predicted octanol–water partition coefficient (Wildman–Crippen LogP) is 4.03. The van der Waals surface area contributed by atoms with Gasteiger partial charge in [0.15, 0.2) is 17.3 Å². The molecule has 0 unspecified atom stereocenters. The smallest absolute Gasteiger partial charge is 0.235 e. The standard InChI is InChI=1S/C26H25ClN2O8S/c1-14-10-18(30)17(13-28-15-6-4-7-16(11-15)29-8-5-9-38(29,33)34)24(31)26(14)25(32)21-19(35-2)12-20(36-3)22(27)23(21)37-26/h4,6-7,11-14,31H,5,8-10H2,1-3H3/t14-,26+/m1/s1. The number of hydrogen-bond acceptors (Lipinski definition) is 9. The molecule has 0 aromatic heterocycles. The van der Waals surface area contributed by atoms with E-state index in [1.807, 2.05) is 0 Å². The maximum Gasteiger partial charge on any atom is 0.235 e. The Kier molecular flexibility index (Phi) is 6.39. The quantitative estimate of drug-likeness (QED) is 0.542. The van der Waals surface area contributed by atoms with Gasteiger partial charge in [-0.05, 0) is 24.6 Å². The highest BCUT2D eigenvalue weighted by atomic mass is 35.5. The van der Waals surface area contributed by atoms with Crippen LogP contribution in [0.3, 0.4) is 0 Å². The van der Waals surface area contributed by atoms with E-state index in [9.17, 15) is 23.1 Å². The number of methoxy groups -OCH3 is 2. The van der Waals surface area contributed by atoms with E-state index in [1.165, 1.54) is 30.8 Å². The molecule has 0 amide bonds. The summed E-state index contributed by atoms with van der Waals surface area (Å²) in [4.78, 5) is 31.1. The molecule has 2 aliphatic heterocycles. The van der Waals surface area contributed by atoms with Gasteiger partial charge in [0.05, 0.1) is 36.9 Å². The zero-order chi connectivity index (χ0) is 27.4. The molecule has 1 saturated heterocycles. The molecule has 38 heavy (non-hydrogen) atoms. The molecule has 1 aliphatic carbocycles. The van der Waals surface area contributed by atoms with Gasteiger partial charge < -0.3 is 19.3 Å². The minimum Gasteiger partial charge on any atom is -0.507 e. The predicted molar refractivity (Wildman–Crippen MR) is 141 cm³/mol. The molecule has 2 heterocycles. The topological polar surface area (TPSA) is 132 Å². The van der Waals surface area contributed by atoms with E-state index in [4.69, 9.17) is 25.8 Å². The summed E-state index contributed by atoms with van der Waals surface area (Å²) in [5.74, 6) is -1.89. The molecule has 1 N–H and O–H groups in total. The molecule has 3 aliphatic rings. The van der Waals surface area contributed by atoms with Gasteiger partial charge in [-0.25, -0.2) is 8.42 Å². The number of ether oxygens (including phenoxy) is 3. The Bertz CT molecular complexity index is 1530. The molecule has 2 aromatic carbocycles. The number of halogens is 1. The van der Waals surface area contributed by atoms with Crippen LogP contribution in [-0.2, 0) is 14.8 Å². The Labute approximate surface area is 224 Å². The fraction of sp³-hybridized carbons (Fsp3) is 0.346. The fourth-order valence-corrected chi connectivity index (χ4v) is 6.93. The van der Waals surface area contributed by atoms with E-state index in [0.717, 1.165) is 0 Å². The third-order valence-electron chi connectivity index (χ3n) is 7.07. The highest BCUT2D eigenvalue weighted by molar-refractivity contribution is 7.93. The largest absolute Gasteiger partial charge is 0.507 e. The molecule has 5 rings (SSSR count). The van der Waals surface area contributed by atoms with Crippen LogP contribution in [0.1, 0.15) is 30.1 Å². The number of fused-ring (bicyclic) bond motifs is 1. The third kappa shape index (κ3) is 3.83. The molecular formula is C26H25ClN2O8S. The summed E-state index contributed by atoms with van der Waals surface area (Å²) in [6, 6.07) is 7.98. The van der Waals surface area contributed by atoms with Crippen molar-refractivity contribution in [3.8, 4) is 17.2 Å². The number of carbonyl (C=O) groups excluding carboxylic acids is 2. The number of Topliss-reactive ketones (excluding diaryl/α,β-unsaturated/α-hetero) is 2. The maximum absolute atomic E-state index is 13.8. The number of aliphatic hydroxyl groups excluding tert-OH is 1. The van der Waals surface area contributed by atoms with Gasteiger partial charge >= 0.3 is 0 Å². The van der Waals surface area contributed by atoms with Gasteiger partial charge in [-0.3, -0.25) is 18.9 Å². The molecule has 2 aromatic rings. The highest BCUT2D eigenvalue weighted by Gasteiger charge is 2.60. The second-order valence-corrected chi connectivity index (χ2v) is 11.7. The van der Waals surface area contributed by atoms with Gasteiger partial charge in [0.25, 0.3) is 0 Å². The maximum atomic E-state index is 13.8. The van der Waals surface area contributed by atoms with E-state index in [1.54, 1.807) is 31.2 Å². The van der Waals surface area contributed by atoms with Gasteiger partial charge in [-0.1, -0.05) is 24.6 Å². The van der Waals surface area contributed by atoms with Gasteiger partial charge in [-0.15, -0.1) is 0 Å². The SMILES string of the molecule is COc1cc(OC)c2c(c1Cl)O[C@]1(C2=O)C(O)=C(C=Nc2cccc(N3CCCS3(=O)=O)c2)C(=O)C[C@H]1C. The molecule has 0 saturated carbocycles. The van der Waals surface area contributed by atoms with Gasteiger partial charge in [0.1, 0.15) is 22.1 Å². The van der Waals surface area contributed by atoms with Crippen molar-refractivity contribution in [1.82, 2.24) is 0 Å². The Morgan fingerprint density at radius 2 is 1.95 bits per heavy atom. The van der Waals surface area contributed by atoms with Crippen LogP contribution in [0.2, 0.25) is 5.02 Å². The van der Waals surface area contributed by atoms with Gasteiger partial charge in [0, 0.05) is 31.2 Å². The van der Waals surface area contributed by atoms with Crippen LogP contribution in [0.5, 0.6) is 17.2 Å². The molecular weight excluding hydrogens is 536 g/mol. The van der Waals surface area contributed by atoms with Crippen molar-refractivity contribution in [3.63, 3.8) is 0 Å². The van der Waals surface area contributed by atoms with Crippen LogP contribution in [0.15, 0.2) is 46.7 Å². The zero-order valence-corrected chi connectivity index (χ0v) is 22.4. The Hall–Kier alpha value is -3.57. The van der Waals surface area contributed by atoms with Crippen LogP contribution in [-0.4, -0.2) is 63.4 Å². The number of aliphatic imine (C=N–C) groups is 1. The minimum atomic E-state index is -3.38. The van der Waals surface area contributed by atoms with Crippen molar-refractivity contribution in [2.24, 2.45) is 10.9 Å². The fourth-order valence-electron chi connectivity index (χ4n) is 5.11. The molecule has 0 bridgehead atoms. The Morgan fingerprint density at radius 1 is 1.21 bits per heavy atom. The number of nitrogens with zero attached hydrogens (tertiary/aromatic N) is 2. The van der Waals surface area contributed by atoms with Crippen LogP contribution in [0.4, 0.5) is 11.4 Å². The molecule has 12 heteroatoms. The first kappa shape index (κ1) is 26.1. The molecule has 200 valence electrons. The van der Waals surface area contributed by atoms with Crippen LogP contribution in [0, 0.1) is 5.92 Å². The first-order valence-electron chi connectivity index (χ1n) is 11.8. The van der Waals surface area contributed by atoms with Crippen molar-refractivity contribution in [1.29, 1.82) is 0 Å². The van der Waals surface area contributed by atoms with Crippen molar-refractivity contribution < 1.29 is 37.3 Å². The summed E-state index contributed by atoms with van der Waals surface area (Å²) in [5, 5.41) is 11.4. The van der Waals surface area contributed by atoms with Crippen LogP contribution < -0.4 is 18.5 Å². The number of sulfonamides is 1.